The van der Waals surface area contributed by atoms with Crippen LogP contribution in [0.4, 0.5) is 0 Å². The number of aryl methyl sites for hydroxylation is 2. The van der Waals surface area contributed by atoms with E-state index in [1.807, 2.05) is 50.2 Å². The van der Waals surface area contributed by atoms with Crippen molar-refractivity contribution in [3.63, 3.8) is 0 Å². The molecule has 0 unspecified atom stereocenters. The molecule has 0 spiro atoms. The molecule has 2 heteroatoms. The minimum Gasteiger partial charge on any atom is -0.496 e. The third kappa shape index (κ3) is 3.15. The van der Waals surface area contributed by atoms with Gasteiger partial charge in [0.15, 0.2) is 5.78 Å². The summed E-state index contributed by atoms with van der Waals surface area (Å²) in [5.41, 5.74) is 4.65. The van der Waals surface area contributed by atoms with E-state index >= 15 is 0 Å². The zero-order chi connectivity index (χ0) is 15.6. The average molecular weight is 282 g/mol. The maximum atomic E-state index is 12.6. The summed E-state index contributed by atoms with van der Waals surface area (Å²) in [5, 5.41) is 0. The van der Waals surface area contributed by atoms with Gasteiger partial charge < -0.3 is 4.74 Å². The van der Waals surface area contributed by atoms with Crippen molar-refractivity contribution in [3.05, 3.63) is 64.2 Å². The van der Waals surface area contributed by atoms with E-state index in [2.05, 4.69) is 13.8 Å². The number of ether oxygens (including phenoxy) is 1. The van der Waals surface area contributed by atoms with E-state index in [-0.39, 0.29) is 5.78 Å². The Kier molecular flexibility index (Phi) is 4.46. The number of methoxy groups -OCH3 is 1. The van der Waals surface area contributed by atoms with Gasteiger partial charge >= 0.3 is 0 Å². The Balaban J connectivity index is 2.36. The molecule has 0 fully saturated rings. The molecule has 21 heavy (non-hydrogen) atoms. The average Bonchev–Trinajstić information content (AvgIpc) is 2.46. The molecule has 2 nitrogen and oxygen atoms in total. The van der Waals surface area contributed by atoms with Crippen molar-refractivity contribution in [3.8, 4) is 5.75 Å². The smallest absolute Gasteiger partial charge is 0.193 e. The number of carbonyl (C=O) groups excluding carboxylic acids is 1. The fourth-order valence-corrected chi connectivity index (χ4v) is 2.59. The van der Waals surface area contributed by atoms with Gasteiger partial charge in [-0.05, 0) is 48.6 Å². The first kappa shape index (κ1) is 15.3. The van der Waals surface area contributed by atoms with Gasteiger partial charge in [0, 0.05) is 11.1 Å². The van der Waals surface area contributed by atoms with Crippen molar-refractivity contribution < 1.29 is 9.53 Å². The van der Waals surface area contributed by atoms with Crippen LogP contribution in [0.3, 0.4) is 0 Å². The second-order valence-electron chi connectivity index (χ2n) is 5.75. The Hall–Kier alpha value is -2.09. The lowest BCUT2D eigenvalue weighted by Gasteiger charge is -2.11. The lowest BCUT2D eigenvalue weighted by atomic mass is 9.96. The number of ketones is 1. The highest BCUT2D eigenvalue weighted by Gasteiger charge is 2.13. The standard InChI is InChI=1S/C19H22O2/c1-12(2)15-6-8-16(9-7-15)18(20)17-10-13(3)19(21-5)14(4)11-17/h6-12H,1-5H3. The first-order chi connectivity index (χ1) is 9.93. The highest BCUT2D eigenvalue weighted by molar-refractivity contribution is 6.09. The molecular formula is C19H22O2. The molecule has 2 aromatic rings. The van der Waals surface area contributed by atoms with E-state index in [9.17, 15) is 4.79 Å². The van der Waals surface area contributed by atoms with Crippen LogP contribution in [0, 0.1) is 13.8 Å². The Morgan fingerprint density at radius 1 is 0.952 bits per heavy atom. The molecule has 2 rings (SSSR count). The maximum Gasteiger partial charge on any atom is 0.193 e. The largest absolute Gasteiger partial charge is 0.496 e. The molecule has 0 atom stereocenters. The molecule has 2 aromatic carbocycles. The van der Waals surface area contributed by atoms with Crippen molar-refractivity contribution >= 4 is 5.78 Å². The van der Waals surface area contributed by atoms with Gasteiger partial charge in [0.25, 0.3) is 0 Å². The van der Waals surface area contributed by atoms with Crippen LogP contribution in [-0.2, 0) is 0 Å². The lowest BCUT2D eigenvalue weighted by Crippen LogP contribution is -2.04. The van der Waals surface area contributed by atoms with Gasteiger partial charge in [-0.15, -0.1) is 0 Å². The third-order valence-electron chi connectivity index (χ3n) is 3.77. The first-order valence-electron chi connectivity index (χ1n) is 7.24. The van der Waals surface area contributed by atoms with Crippen molar-refractivity contribution in [2.45, 2.75) is 33.6 Å². The zero-order valence-corrected chi connectivity index (χ0v) is 13.4. The van der Waals surface area contributed by atoms with Gasteiger partial charge in [0.2, 0.25) is 0 Å². The van der Waals surface area contributed by atoms with Gasteiger partial charge in [0.1, 0.15) is 5.75 Å². The van der Waals surface area contributed by atoms with Gasteiger partial charge in [-0.3, -0.25) is 4.79 Å². The molecule has 0 saturated heterocycles. The van der Waals surface area contributed by atoms with E-state index in [1.54, 1.807) is 7.11 Å². The molecule has 0 radical (unpaired) electrons. The molecule has 0 aromatic heterocycles. The molecule has 0 aliphatic heterocycles. The third-order valence-corrected chi connectivity index (χ3v) is 3.77. The van der Waals surface area contributed by atoms with Crippen LogP contribution >= 0.6 is 0 Å². The van der Waals surface area contributed by atoms with Crippen molar-refractivity contribution in [2.75, 3.05) is 7.11 Å². The van der Waals surface area contributed by atoms with Gasteiger partial charge in [0.05, 0.1) is 7.11 Å². The van der Waals surface area contributed by atoms with Crippen molar-refractivity contribution in [1.82, 2.24) is 0 Å². The summed E-state index contributed by atoms with van der Waals surface area (Å²) in [4.78, 5) is 12.6. The molecule has 0 aliphatic rings. The topological polar surface area (TPSA) is 26.3 Å². The van der Waals surface area contributed by atoms with Gasteiger partial charge in [-0.2, -0.15) is 0 Å². The predicted octanol–water partition coefficient (Wildman–Crippen LogP) is 4.67. The van der Waals surface area contributed by atoms with Crippen LogP contribution in [-0.4, -0.2) is 12.9 Å². The predicted molar refractivity (Wildman–Crippen MR) is 86.4 cm³/mol. The maximum absolute atomic E-state index is 12.6. The molecule has 0 amide bonds. The highest BCUT2D eigenvalue weighted by atomic mass is 16.5. The van der Waals surface area contributed by atoms with E-state index in [0.29, 0.717) is 11.5 Å². The molecule has 0 N–H and O–H groups in total. The molecule has 110 valence electrons. The van der Waals surface area contributed by atoms with Crippen LogP contribution < -0.4 is 4.74 Å². The van der Waals surface area contributed by atoms with Gasteiger partial charge in [-0.1, -0.05) is 38.1 Å². The van der Waals surface area contributed by atoms with Crippen LogP contribution in [0.1, 0.15) is 52.4 Å². The lowest BCUT2D eigenvalue weighted by molar-refractivity contribution is 0.103. The monoisotopic (exact) mass is 282 g/mol. The summed E-state index contributed by atoms with van der Waals surface area (Å²) in [7, 11) is 1.65. The minimum absolute atomic E-state index is 0.0548. The summed E-state index contributed by atoms with van der Waals surface area (Å²) in [6.45, 7) is 8.22. The normalized spacial score (nSPS) is 10.8. The van der Waals surface area contributed by atoms with Crippen LogP contribution in [0.15, 0.2) is 36.4 Å². The van der Waals surface area contributed by atoms with E-state index < -0.39 is 0 Å². The molecule has 0 heterocycles. The SMILES string of the molecule is COc1c(C)cc(C(=O)c2ccc(C(C)C)cc2)cc1C. The van der Waals surface area contributed by atoms with E-state index in [1.165, 1.54) is 5.56 Å². The summed E-state index contributed by atoms with van der Waals surface area (Å²) in [5.74, 6) is 1.38. The number of benzene rings is 2. The zero-order valence-electron chi connectivity index (χ0n) is 13.4. The first-order valence-corrected chi connectivity index (χ1v) is 7.24. The highest BCUT2D eigenvalue weighted by Crippen LogP contribution is 2.26. The quantitative estimate of drug-likeness (QED) is 0.762. The fourth-order valence-electron chi connectivity index (χ4n) is 2.59. The number of carbonyl (C=O) groups is 1. The van der Waals surface area contributed by atoms with Crippen LogP contribution in [0.25, 0.3) is 0 Å². The van der Waals surface area contributed by atoms with Crippen molar-refractivity contribution in [1.29, 1.82) is 0 Å². The Morgan fingerprint density at radius 2 is 1.48 bits per heavy atom. The Bertz CT molecular complexity index is 629. The van der Waals surface area contributed by atoms with E-state index in [4.69, 9.17) is 4.74 Å². The van der Waals surface area contributed by atoms with Crippen LogP contribution in [0.2, 0.25) is 0 Å². The molecule has 0 aliphatic carbocycles. The molecule has 0 bridgehead atoms. The Morgan fingerprint density at radius 3 is 1.90 bits per heavy atom. The fraction of sp³-hybridized carbons (Fsp3) is 0.316. The molecule has 0 saturated carbocycles. The number of rotatable bonds is 4. The minimum atomic E-state index is 0.0548. The van der Waals surface area contributed by atoms with Gasteiger partial charge in [-0.25, -0.2) is 0 Å². The number of hydrogen-bond donors (Lipinski definition) is 0. The summed E-state index contributed by atoms with van der Waals surface area (Å²) < 4.78 is 5.35. The van der Waals surface area contributed by atoms with Crippen molar-refractivity contribution in [2.24, 2.45) is 0 Å². The number of hydrogen-bond acceptors (Lipinski definition) is 2. The Labute approximate surface area is 126 Å². The molecular weight excluding hydrogens is 260 g/mol. The second-order valence-corrected chi connectivity index (χ2v) is 5.75. The summed E-state index contributed by atoms with van der Waals surface area (Å²) in [6, 6.07) is 11.7. The summed E-state index contributed by atoms with van der Waals surface area (Å²) >= 11 is 0. The second kappa shape index (κ2) is 6.13. The van der Waals surface area contributed by atoms with E-state index in [0.717, 1.165) is 22.4 Å². The summed E-state index contributed by atoms with van der Waals surface area (Å²) in [6.07, 6.45) is 0. The van der Waals surface area contributed by atoms with Crippen LogP contribution in [0.5, 0.6) is 5.75 Å².